The zero-order chi connectivity index (χ0) is 10.1. The first-order valence-corrected chi connectivity index (χ1v) is 5.63. The quantitative estimate of drug-likeness (QED) is 0.779. The van der Waals surface area contributed by atoms with Crippen LogP contribution in [0.3, 0.4) is 0 Å². The first kappa shape index (κ1) is 10.0. The molecule has 5 heteroatoms. The first-order chi connectivity index (χ1) is 6.70. The van der Waals surface area contributed by atoms with Gasteiger partial charge in [0.15, 0.2) is 0 Å². The summed E-state index contributed by atoms with van der Waals surface area (Å²) < 4.78 is 5.10. The van der Waals surface area contributed by atoms with Crippen LogP contribution in [-0.2, 0) is 4.74 Å². The van der Waals surface area contributed by atoms with Gasteiger partial charge in [0, 0.05) is 30.5 Å². The van der Waals surface area contributed by atoms with Gasteiger partial charge in [-0.3, -0.25) is 4.79 Å². The molecule has 1 aromatic heterocycles. The van der Waals surface area contributed by atoms with Crippen molar-refractivity contribution in [3.63, 3.8) is 0 Å². The predicted molar refractivity (Wildman–Crippen MR) is 58.3 cm³/mol. The lowest BCUT2D eigenvalue weighted by Gasteiger charge is -2.37. The van der Waals surface area contributed by atoms with Gasteiger partial charge in [0.1, 0.15) is 0 Å². The summed E-state index contributed by atoms with van der Waals surface area (Å²) in [6, 6.07) is 1.80. The highest BCUT2D eigenvalue weighted by atomic mass is 32.1. The predicted octanol–water partition coefficient (Wildman–Crippen LogP) is 1.51. The Kier molecular flexibility index (Phi) is 2.80. The van der Waals surface area contributed by atoms with E-state index in [1.165, 1.54) is 11.3 Å². The van der Waals surface area contributed by atoms with Crippen LogP contribution in [0.1, 0.15) is 9.67 Å². The second-order valence-corrected chi connectivity index (χ2v) is 4.66. The van der Waals surface area contributed by atoms with E-state index in [9.17, 15) is 4.79 Å². The van der Waals surface area contributed by atoms with E-state index >= 15 is 0 Å². The fourth-order valence-electron chi connectivity index (χ4n) is 1.35. The van der Waals surface area contributed by atoms with E-state index in [0.717, 1.165) is 9.77 Å². The van der Waals surface area contributed by atoms with E-state index in [4.69, 9.17) is 4.74 Å². The van der Waals surface area contributed by atoms with E-state index in [2.05, 4.69) is 12.6 Å². The highest BCUT2D eigenvalue weighted by molar-refractivity contribution is 7.80. The first-order valence-electron chi connectivity index (χ1n) is 4.30. The number of ether oxygens (including phenoxy) is 1. The van der Waals surface area contributed by atoms with E-state index in [0.29, 0.717) is 13.1 Å². The van der Waals surface area contributed by atoms with Crippen LogP contribution in [0.2, 0.25) is 0 Å². The second-order valence-electron chi connectivity index (χ2n) is 3.24. The standard InChI is InChI=1S/C9H11NO2S2/c1-12-6-3-10(4-6)9(11)8-2-7(13)5-14-8/h2,5-6,13H,3-4H2,1H3. The summed E-state index contributed by atoms with van der Waals surface area (Å²) in [5.41, 5.74) is 0. The summed E-state index contributed by atoms with van der Waals surface area (Å²) in [6.45, 7) is 1.41. The monoisotopic (exact) mass is 229 g/mol. The summed E-state index contributed by atoms with van der Waals surface area (Å²) in [7, 11) is 1.67. The molecule has 76 valence electrons. The molecule has 0 N–H and O–H groups in total. The number of amides is 1. The molecule has 0 radical (unpaired) electrons. The Balaban J connectivity index is 1.97. The average molecular weight is 229 g/mol. The summed E-state index contributed by atoms with van der Waals surface area (Å²) in [5.74, 6) is 0.0867. The molecule has 0 atom stereocenters. The molecule has 0 saturated carbocycles. The maximum Gasteiger partial charge on any atom is 0.264 e. The number of rotatable bonds is 2. The number of thiophene rings is 1. The smallest absolute Gasteiger partial charge is 0.264 e. The van der Waals surface area contributed by atoms with Crippen molar-refractivity contribution < 1.29 is 9.53 Å². The number of carbonyl (C=O) groups excluding carboxylic acids is 1. The molecule has 0 unspecified atom stereocenters. The zero-order valence-corrected chi connectivity index (χ0v) is 9.48. The van der Waals surface area contributed by atoms with Gasteiger partial charge >= 0.3 is 0 Å². The lowest BCUT2D eigenvalue weighted by molar-refractivity contribution is -0.0189. The minimum absolute atomic E-state index is 0.0867. The van der Waals surface area contributed by atoms with Crippen LogP contribution >= 0.6 is 24.0 Å². The van der Waals surface area contributed by atoms with Crippen molar-refractivity contribution in [1.29, 1.82) is 0 Å². The van der Waals surface area contributed by atoms with Crippen LogP contribution in [-0.4, -0.2) is 37.1 Å². The van der Waals surface area contributed by atoms with Gasteiger partial charge in [-0.15, -0.1) is 24.0 Å². The van der Waals surface area contributed by atoms with Crippen LogP contribution < -0.4 is 0 Å². The molecular weight excluding hydrogens is 218 g/mol. The SMILES string of the molecule is COC1CN(C(=O)c2cc(S)cs2)C1. The van der Waals surface area contributed by atoms with Gasteiger partial charge in [-0.25, -0.2) is 0 Å². The van der Waals surface area contributed by atoms with E-state index < -0.39 is 0 Å². The molecule has 1 amide bonds. The minimum atomic E-state index is 0.0867. The average Bonchev–Trinajstić information content (AvgIpc) is 2.49. The lowest BCUT2D eigenvalue weighted by atomic mass is 10.1. The van der Waals surface area contributed by atoms with Gasteiger partial charge in [-0.05, 0) is 6.07 Å². The molecule has 1 aliphatic rings. The topological polar surface area (TPSA) is 29.5 Å². The van der Waals surface area contributed by atoms with Crippen LogP contribution in [0.4, 0.5) is 0 Å². The van der Waals surface area contributed by atoms with Crippen LogP contribution in [0.25, 0.3) is 0 Å². The zero-order valence-electron chi connectivity index (χ0n) is 7.77. The molecule has 2 heterocycles. The van der Waals surface area contributed by atoms with Crippen molar-refractivity contribution in [3.05, 3.63) is 16.3 Å². The summed E-state index contributed by atoms with van der Waals surface area (Å²) in [6.07, 6.45) is 0.217. The number of likely N-dealkylation sites (tertiary alicyclic amines) is 1. The minimum Gasteiger partial charge on any atom is -0.378 e. The summed E-state index contributed by atoms with van der Waals surface area (Å²) >= 11 is 5.60. The third-order valence-corrected chi connectivity index (χ3v) is 3.62. The third kappa shape index (κ3) is 1.80. The molecule has 0 aliphatic carbocycles. The number of thiol groups is 1. The largest absolute Gasteiger partial charge is 0.378 e. The van der Waals surface area contributed by atoms with Crippen LogP contribution in [0, 0.1) is 0 Å². The Hall–Kier alpha value is -0.520. The van der Waals surface area contributed by atoms with Gasteiger partial charge in [0.25, 0.3) is 5.91 Å². The van der Waals surface area contributed by atoms with Crippen LogP contribution in [0.15, 0.2) is 16.3 Å². The molecular formula is C9H11NO2S2. The van der Waals surface area contributed by atoms with Gasteiger partial charge in [0.05, 0.1) is 11.0 Å². The number of methoxy groups -OCH3 is 1. The van der Waals surface area contributed by atoms with E-state index in [1.807, 2.05) is 5.38 Å². The van der Waals surface area contributed by atoms with Crippen molar-refractivity contribution in [2.45, 2.75) is 11.0 Å². The number of nitrogens with zero attached hydrogens (tertiary/aromatic N) is 1. The van der Waals surface area contributed by atoms with Crippen molar-refractivity contribution in [3.8, 4) is 0 Å². The highest BCUT2D eigenvalue weighted by Crippen LogP contribution is 2.22. The molecule has 1 fully saturated rings. The normalized spacial score (nSPS) is 16.9. The Morgan fingerprint density at radius 1 is 1.71 bits per heavy atom. The van der Waals surface area contributed by atoms with Gasteiger partial charge < -0.3 is 9.64 Å². The van der Waals surface area contributed by atoms with E-state index in [-0.39, 0.29) is 12.0 Å². The van der Waals surface area contributed by atoms with Gasteiger partial charge in [-0.2, -0.15) is 0 Å². The number of hydrogen-bond acceptors (Lipinski definition) is 4. The van der Waals surface area contributed by atoms with Crippen molar-refractivity contribution in [1.82, 2.24) is 4.90 Å². The molecule has 0 spiro atoms. The maximum atomic E-state index is 11.7. The molecule has 1 saturated heterocycles. The van der Waals surface area contributed by atoms with Gasteiger partial charge in [-0.1, -0.05) is 0 Å². The number of hydrogen-bond donors (Lipinski definition) is 1. The van der Waals surface area contributed by atoms with Gasteiger partial charge in [0.2, 0.25) is 0 Å². The maximum absolute atomic E-state index is 11.7. The van der Waals surface area contributed by atoms with E-state index in [1.54, 1.807) is 18.1 Å². The summed E-state index contributed by atoms with van der Waals surface area (Å²) in [5, 5.41) is 1.87. The fourth-order valence-corrected chi connectivity index (χ4v) is 2.46. The fraction of sp³-hybridized carbons (Fsp3) is 0.444. The summed E-state index contributed by atoms with van der Waals surface area (Å²) in [4.78, 5) is 15.1. The molecule has 2 rings (SSSR count). The molecule has 0 bridgehead atoms. The molecule has 1 aliphatic heterocycles. The molecule has 3 nitrogen and oxygen atoms in total. The van der Waals surface area contributed by atoms with Crippen LogP contribution in [0.5, 0.6) is 0 Å². The molecule has 1 aromatic rings. The molecule has 0 aromatic carbocycles. The van der Waals surface area contributed by atoms with Crippen molar-refractivity contribution >= 4 is 29.9 Å². The Morgan fingerprint density at radius 2 is 2.43 bits per heavy atom. The van der Waals surface area contributed by atoms with Crippen molar-refractivity contribution in [2.24, 2.45) is 0 Å². The Bertz CT molecular complexity index is 344. The number of carbonyl (C=O) groups is 1. The lowest BCUT2D eigenvalue weighted by Crippen LogP contribution is -2.54. The van der Waals surface area contributed by atoms with Crippen molar-refractivity contribution in [2.75, 3.05) is 20.2 Å². The second kappa shape index (κ2) is 3.92. The third-order valence-electron chi connectivity index (χ3n) is 2.26. The Morgan fingerprint density at radius 3 is 2.93 bits per heavy atom. The highest BCUT2D eigenvalue weighted by Gasteiger charge is 2.31. The Labute approximate surface area is 92.1 Å². The molecule has 14 heavy (non-hydrogen) atoms.